The van der Waals surface area contributed by atoms with Crippen molar-refractivity contribution in [2.45, 2.75) is 44.3 Å². The summed E-state index contributed by atoms with van der Waals surface area (Å²) < 4.78 is 0. The SMILES string of the molecule is O=C(CNC1CC1)N(Cc1ccc(Cl)c(Cl)c1)C1CC1. The van der Waals surface area contributed by atoms with Crippen LogP contribution in [0.5, 0.6) is 0 Å². The largest absolute Gasteiger partial charge is 0.334 e. The molecule has 0 aromatic heterocycles. The molecule has 0 radical (unpaired) electrons. The lowest BCUT2D eigenvalue weighted by Crippen LogP contribution is -2.39. The molecule has 0 unspecified atom stereocenters. The molecule has 108 valence electrons. The molecule has 1 N–H and O–H groups in total. The van der Waals surface area contributed by atoms with Crippen molar-refractivity contribution in [2.75, 3.05) is 6.54 Å². The van der Waals surface area contributed by atoms with Crippen molar-refractivity contribution < 1.29 is 4.79 Å². The van der Waals surface area contributed by atoms with Gasteiger partial charge in [-0.05, 0) is 43.4 Å². The minimum atomic E-state index is 0.186. The summed E-state index contributed by atoms with van der Waals surface area (Å²) in [7, 11) is 0. The quantitative estimate of drug-likeness (QED) is 0.874. The van der Waals surface area contributed by atoms with E-state index in [1.165, 1.54) is 12.8 Å². The average molecular weight is 313 g/mol. The van der Waals surface area contributed by atoms with Crippen LogP contribution in [0.4, 0.5) is 0 Å². The molecule has 2 saturated carbocycles. The Bertz CT molecular complexity index is 513. The molecule has 3 nitrogen and oxygen atoms in total. The predicted octanol–water partition coefficient (Wildman–Crippen LogP) is 3.24. The van der Waals surface area contributed by atoms with Crippen LogP contribution in [0.2, 0.25) is 10.0 Å². The topological polar surface area (TPSA) is 32.3 Å². The van der Waals surface area contributed by atoms with Crippen LogP contribution >= 0.6 is 23.2 Å². The third-order valence-corrected chi connectivity index (χ3v) is 4.50. The molecule has 0 aliphatic heterocycles. The van der Waals surface area contributed by atoms with Crippen LogP contribution in [-0.2, 0) is 11.3 Å². The molecule has 1 aromatic rings. The van der Waals surface area contributed by atoms with Crippen LogP contribution in [0.15, 0.2) is 18.2 Å². The molecular formula is C15H18Cl2N2O. The predicted molar refractivity (Wildman–Crippen MR) is 81.1 cm³/mol. The fourth-order valence-electron chi connectivity index (χ4n) is 2.26. The lowest BCUT2D eigenvalue weighted by Gasteiger charge is -2.23. The summed E-state index contributed by atoms with van der Waals surface area (Å²) in [5.41, 5.74) is 1.03. The van der Waals surface area contributed by atoms with Crippen molar-refractivity contribution in [3.63, 3.8) is 0 Å². The zero-order chi connectivity index (χ0) is 14.1. The van der Waals surface area contributed by atoms with E-state index in [-0.39, 0.29) is 5.91 Å². The Labute approximate surface area is 129 Å². The van der Waals surface area contributed by atoms with Gasteiger partial charge in [-0.25, -0.2) is 0 Å². The number of carbonyl (C=O) groups is 1. The Morgan fingerprint density at radius 1 is 1.20 bits per heavy atom. The molecule has 1 amide bonds. The maximum atomic E-state index is 12.3. The minimum Gasteiger partial charge on any atom is -0.334 e. The summed E-state index contributed by atoms with van der Waals surface area (Å²) in [6.07, 6.45) is 4.61. The van der Waals surface area contributed by atoms with Gasteiger partial charge in [0.1, 0.15) is 0 Å². The fraction of sp³-hybridized carbons (Fsp3) is 0.533. The third-order valence-electron chi connectivity index (χ3n) is 3.76. The number of nitrogens with zero attached hydrogens (tertiary/aromatic N) is 1. The van der Waals surface area contributed by atoms with Gasteiger partial charge in [-0.15, -0.1) is 0 Å². The molecule has 0 atom stereocenters. The molecule has 2 aliphatic rings. The number of carbonyl (C=O) groups excluding carboxylic acids is 1. The summed E-state index contributed by atoms with van der Waals surface area (Å²) in [5.74, 6) is 0.186. The first kappa shape index (κ1) is 14.2. The maximum Gasteiger partial charge on any atom is 0.237 e. The van der Waals surface area contributed by atoms with E-state index in [9.17, 15) is 4.79 Å². The van der Waals surface area contributed by atoms with Gasteiger partial charge in [0, 0.05) is 18.6 Å². The monoisotopic (exact) mass is 312 g/mol. The lowest BCUT2D eigenvalue weighted by molar-refractivity contribution is -0.131. The molecule has 0 bridgehead atoms. The molecule has 1 aromatic carbocycles. The number of nitrogens with one attached hydrogen (secondary N) is 1. The van der Waals surface area contributed by atoms with E-state index in [0.29, 0.717) is 35.2 Å². The minimum absolute atomic E-state index is 0.186. The van der Waals surface area contributed by atoms with Crippen LogP contribution in [0.1, 0.15) is 31.2 Å². The second-order valence-electron chi connectivity index (χ2n) is 5.66. The number of rotatable bonds is 6. The summed E-state index contributed by atoms with van der Waals surface area (Å²) in [4.78, 5) is 14.3. The second-order valence-corrected chi connectivity index (χ2v) is 6.47. The Balaban J connectivity index is 1.63. The first-order chi connectivity index (χ1) is 9.63. The van der Waals surface area contributed by atoms with Crippen LogP contribution < -0.4 is 5.32 Å². The normalized spacial score (nSPS) is 18.1. The fourth-order valence-corrected chi connectivity index (χ4v) is 2.58. The molecule has 0 spiro atoms. The van der Waals surface area contributed by atoms with Crippen molar-refractivity contribution in [3.8, 4) is 0 Å². The van der Waals surface area contributed by atoms with Gasteiger partial charge in [-0.1, -0.05) is 29.3 Å². The van der Waals surface area contributed by atoms with Crippen molar-refractivity contribution in [1.29, 1.82) is 0 Å². The highest BCUT2D eigenvalue weighted by Gasteiger charge is 2.33. The number of amides is 1. The Morgan fingerprint density at radius 2 is 1.95 bits per heavy atom. The van der Waals surface area contributed by atoms with Gasteiger partial charge in [0.05, 0.1) is 16.6 Å². The zero-order valence-electron chi connectivity index (χ0n) is 11.2. The first-order valence-electron chi connectivity index (χ1n) is 7.10. The van der Waals surface area contributed by atoms with Crippen LogP contribution in [0.25, 0.3) is 0 Å². The van der Waals surface area contributed by atoms with Gasteiger partial charge in [0.2, 0.25) is 5.91 Å². The summed E-state index contributed by atoms with van der Waals surface area (Å²) in [5, 5.41) is 4.38. The lowest BCUT2D eigenvalue weighted by atomic mass is 10.2. The molecular weight excluding hydrogens is 295 g/mol. The Morgan fingerprint density at radius 3 is 2.55 bits per heavy atom. The van der Waals surface area contributed by atoms with Gasteiger partial charge < -0.3 is 10.2 Å². The average Bonchev–Trinajstić information content (AvgIpc) is 3.29. The van der Waals surface area contributed by atoms with Crippen molar-refractivity contribution in [2.24, 2.45) is 0 Å². The highest BCUT2D eigenvalue weighted by molar-refractivity contribution is 6.42. The number of halogens is 2. The van der Waals surface area contributed by atoms with Gasteiger partial charge >= 0.3 is 0 Å². The highest BCUT2D eigenvalue weighted by atomic mass is 35.5. The van der Waals surface area contributed by atoms with Crippen molar-refractivity contribution in [1.82, 2.24) is 10.2 Å². The standard InChI is InChI=1S/C15H18Cl2N2O/c16-13-6-1-10(7-14(13)17)9-19(12-4-5-12)15(20)8-18-11-2-3-11/h1,6-7,11-12,18H,2-5,8-9H2. The number of hydrogen-bond donors (Lipinski definition) is 1. The molecule has 3 rings (SSSR count). The van der Waals surface area contributed by atoms with Gasteiger partial charge in [-0.3, -0.25) is 4.79 Å². The molecule has 2 aliphatic carbocycles. The van der Waals surface area contributed by atoms with Crippen molar-refractivity contribution >= 4 is 29.1 Å². The van der Waals surface area contributed by atoms with E-state index in [0.717, 1.165) is 18.4 Å². The Kier molecular flexibility index (Phi) is 4.20. The van der Waals surface area contributed by atoms with Crippen molar-refractivity contribution in [3.05, 3.63) is 33.8 Å². The van der Waals surface area contributed by atoms with E-state index in [4.69, 9.17) is 23.2 Å². The molecule has 0 saturated heterocycles. The van der Waals surface area contributed by atoms with Crippen LogP contribution in [-0.4, -0.2) is 29.4 Å². The number of hydrogen-bond acceptors (Lipinski definition) is 2. The van der Waals surface area contributed by atoms with E-state index in [1.807, 2.05) is 17.0 Å². The molecule has 2 fully saturated rings. The van der Waals surface area contributed by atoms with Gasteiger partial charge in [0.25, 0.3) is 0 Å². The van der Waals surface area contributed by atoms with Crippen LogP contribution in [0, 0.1) is 0 Å². The second kappa shape index (κ2) is 5.92. The summed E-state index contributed by atoms with van der Waals surface area (Å²) in [6.45, 7) is 1.06. The summed E-state index contributed by atoms with van der Waals surface area (Å²) in [6, 6.07) is 6.53. The number of benzene rings is 1. The van der Waals surface area contributed by atoms with E-state index in [1.54, 1.807) is 6.07 Å². The van der Waals surface area contributed by atoms with Gasteiger partial charge in [0.15, 0.2) is 0 Å². The van der Waals surface area contributed by atoms with Crippen LogP contribution in [0.3, 0.4) is 0 Å². The third kappa shape index (κ3) is 3.66. The molecule has 20 heavy (non-hydrogen) atoms. The smallest absolute Gasteiger partial charge is 0.237 e. The molecule has 5 heteroatoms. The van der Waals surface area contributed by atoms with E-state index >= 15 is 0 Å². The van der Waals surface area contributed by atoms with Gasteiger partial charge in [-0.2, -0.15) is 0 Å². The zero-order valence-corrected chi connectivity index (χ0v) is 12.8. The van der Waals surface area contributed by atoms with E-state index in [2.05, 4.69) is 5.32 Å². The summed E-state index contributed by atoms with van der Waals surface area (Å²) >= 11 is 12.0. The highest BCUT2D eigenvalue weighted by Crippen LogP contribution is 2.30. The maximum absolute atomic E-state index is 12.3. The van der Waals surface area contributed by atoms with E-state index < -0.39 is 0 Å². The first-order valence-corrected chi connectivity index (χ1v) is 7.86. The molecule has 0 heterocycles. The Hall–Kier alpha value is -0.770.